The lowest BCUT2D eigenvalue weighted by atomic mass is 10.1. The summed E-state index contributed by atoms with van der Waals surface area (Å²) in [5.74, 6) is 0.502. The van der Waals surface area contributed by atoms with E-state index >= 15 is 0 Å². The Bertz CT molecular complexity index is 826. The molecule has 9 heteroatoms. The first kappa shape index (κ1) is 20.6. The number of likely N-dealkylation sites (tertiary alicyclic amines) is 1. The number of carbonyl (C=O) groups excluding carboxylic acids is 1. The molecule has 1 aliphatic rings. The smallest absolute Gasteiger partial charge is 0.314 e. The van der Waals surface area contributed by atoms with Gasteiger partial charge >= 0.3 is 6.03 Å². The number of urea groups is 1. The van der Waals surface area contributed by atoms with Crippen molar-refractivity contribution < 1.29 is 9.18 Å². The zero-order valence-corrected chi connectivity index (χ0v) is 16.6. The Balaban J connectivity index is 1.52. The molecule has 0 aliphatic carbocycles. The number of benzene rings is 1. The predicted molar refractivity (Wildman–Crippen MR) is 111 cm³/mol. The third-order valence-electron chi connectivity index (χ3n) is 4.87. The van der Waals surface area contributed by atoms with Gasteiger partial charge in [-0.05, 0) is 50.1 Å². The average molecular weight is 401 g/mol. The van der Waals surface area contributed by atoms with Crippen molar-refractivity contribution in [3.63, 3.8) is 0 Å². The topological polar surface area (TPSA) is 101 Å². The van der Waals surface area contributed by atoms with E-state index in [4.69, 9.17) is 5.73 Å². The lowest BCUT2D eigenvalue weighted by molar-refractivity contribution is 0.188. The molecule has 2 heterocycles. The minimum Gasteiger partial charge on any atom is -0.357 e. The first-order chi connectivity index (χ1) is 14.0. The number of hydrogen-bond acceptors (Lipinski definition) is 3. The van der Waals surface area contributed by atoms with Gasteiger partial charge in [-0.15, -0.1) is 0 Å². The molecule has 0 spiro atoms. The van der Waals surface area contributed by atoms with Gasteiger partial charge < -0.3 is 21.3 Å². The summed E-state index contributed by atoms with van der Waals surface area (Å²) in [7, 11) is 0. The number of nitrogens with zero attached hydrogens (tertiary/aromatic N) is 4. The van der Waals surface area contributed by atoms with E-state index in [9.17, 15) is 9.18 Å². The minimum atomic E-state index is -0.357. The van der Waals surface area contributed by atoms with Crippen molar-refractivity contribution in [3.8, 4) is 5.69 Å². The largest absolute Gasteiger partial charge is 0.357 e. The molecule has 0 unspecified atom stereocenters. The van der Waals surface area contributed by atoms with Crippen LogP contribution in [-0.2, 0) is 6.42 Å². The van der Waals surface area contributed by atoms with E-state index < -0.39 is 0 Å². The molecule has 0 saturated carbocycles. The quantitative estimate of drug-likeness (QED) is 0.506. The molecule has 1 aliphatic heterocycles. The second-order valence-corrected chi connectivity index (χ2v) is 6.98. The standard InChI is InChI=1S/C20H28FN7O/c1-2-23-20(25-16-8-12-27(13-9-16)19(22)29)24-11-7-17-10-14-28(26-17)18-5-3-15(21)4-6-18/h3-6,10,14,16H,2,7-9,11-13H2,1H3,(H2,22,29)(H2,23,24,25). The van der Waals surface area contributed by atoms with Crippen LogP contribution in [0.5, 0.6) is 0 Å². The molecule has 3 rings (SSSR count). The summed E-state index contributed by atoms with van der Waals surface area (Å²) < 4.78 is 14.8. The Hall–Kier alpha value is -3.10. The van der Waals surface area contributed by atoms with E-state index in [1.54, 1.807) is 21.7 Å². The van der Waals surface area contributed by atoms with Crippen molar-refractivity contribution in [1.29, 1.82) is 0 Å². The lowest BCUT2D eigenvalue weighted by Gasteiger charge is -2.32. The third-order valence-corrected chi connectivity index (χ3v) is 4.87. The van der Waals surface area contributed by atoms with E-state index in [0.717, 1.165) is 36.7 Å². The molecule has 1 saturated heterocycles. The van der Waals surface area contributed by atoms with E-state index in [2.05, 4.69) is 20.7 Å². The number of primary amides is 1. The number of hydrogen-bond donors (Lipinski definition) is 3. The number of rotatable bonds is 6. The van der Waals surface area contributed by atoms with E-state index in [1.165, 1.54) is 12.1 Å². The van der Waals surface area contributed by atoms with Crippen LogP contribution in [0, 0.1) is 5.82 Å². The highest BCUT2D eigenvalue weighted by Crippen LogP contribution is 2.11. The Labute approximate surface area is 170 Å². The van der Waals surface area contributed by atoms with Crippen LogP contribution >= 0.6 is 0 Å². The van der Waals surface area contributed by atoms with Gasteiger partial charge in [-0.3, -0.25) is 4.99 Å². The minimum absolute atomic E-state index is 0.265. The maximum atomic E-state index is 13.1. The van der Waals surface area contributed by atoms with Crippen LogP contribution < -0.4 is 16.4 Å². The second kappa shape index (κ2) is 9.90. The van der Waals surface area contributed by atoms with Crippen LogP contribution in [0.1, 0.15) is 25.5 Å². The first-order valence-electron chi connectivity index (χ1n) is 9.95. The van der Waals surface area contributed by atoms with Crippen molar-refractivity contribution in [2.45, 2.75) is 32.2 Å². The molecule has 0 bridgehead atoms. The molecule has 8 nitrogen and oxygen atoms in total. The summed E-state index contributed by atoms with van der Waals surface area (Å²) in [5.41, 5.74) is 7.07. The van der Waals surface area contributed by atoms with Gasteiger partial charge in [-0.1, -0.05) is 0 Å². The molecule has 29 heavy (non-hydrogen) atoms. The highest BCUT2D eigenvalue weighted by atomic mass is 19.1. The van der Waals surface area contributed by atoms with Crippen molar-refractivity contribution in [2.75, 3.05) is 26.2 Å². The van der Waals surface area contributed by atoms with Crippen molar-refractivity contribution in [1.82, 2.24) is 25.3 Å². The van der Waals surface area contributed by atoms with Gasteiger partial charge in [0.15, 0.2) is 5.96 Å². The number of nitrogens with two attached hydrogens (primary N) is 1. The second-order valence-electron chi connectivity index (χ2n) is 6.98. The van der Waals surface area contributed by atoms with Crippen LogP contribution in [0.3, 0.4) is 0 Å². The monoisotopic (exact) mass is 401 g/mol. The van der Waals surface area contributed by atoms with E-state index in [-0.39, 0.29) is 17.9 Å². The zero-order chi connectivity index (χ0) is 20.6. The van der Waals surface area contributed by atoms with Gasteiger partial charge in [0.1, 0.15) is 5.82 Å². The molecule has 156 valence electrons. The maximum Gasteiger partial charge on any atom is 0.314 e. The number of guanidine groups is 1. The molecule has 4 N–H and O–H groups in total. The van der Waals surface area contributed by atoms with Crippen LogP contribution in [-0.4, -0.2) is 58.9 Å². The normalized spacial score (nSPS) is 15.4. The number of nitrogens with one attached hydrogen (secondary N) is 2. The molecule has 0 atom stereocenters. The van der Waals surface area contributed by atoms with Gasteiger partial charge in [0, 0.05) is 44.8 Å². The number of piperidine rings is 1. The highest BCUT2D eigenvalue weighted by molar-refractivity contribution is 5.80. The summed E-state index contributed by atoms with van der Waals surface area (Å²) >= 11 is 0. The van der Waals surface area contributed by atoms with Gasteiger partial charge in [0.05, 0.1) is 11.4 Å². The number of carbonyl (C=O) groups is 1. The average Bonchev–Trinajstić information content (AvgIpc) is 3.18. The fourth-order valence-electron chi connectivity index (χ4n) is 3.27. The van der Waals surface area contributed by atoms with Crippen molar-refractivity contribution in [3.05, 3.63) is 48.0 Å². The Kier molecular flexibility index (Phi) is 7.04. The molecule has 2 amide bonds. The predicted octanol–water partition coefficient (Wildman–Crippen LogP) is 1.65. The summed E-state index contributed by atoms with van der Waals surface area (Å²) in [5, 5.41) is 11.2. The summed E-state index contributed by atoms with van der Waals surface area (Å²) in [6, 6.07) is 8.08. The summed E-state index contributed by atoms with van der Waals surface area (Å²) in [6.07, 6.45) is 4.25. The van der Waals surface area contributed by atoms with Crippen molar-refractivity contribution in [2.24, 2.45) is 10.7 Å². The first-order valence-corrected chi connectivity index (χ1v) is 9.95. The van der Waals surface area contributed by atoms with E-state index in [1.807, 2.05) is 19.2 Å². The number of halogens is 1. The van der Waals surface area contributed by atoms with Gasteiger partial charge in [-0.2, -0.15) is 5.10 Å². The SMILES string of the molecule is CCNC(=NCCc1ccn(-c2ccc(F)cc2)n1)NC1CCN(C(N)=O)CC1. The summed E-state index contributed by atoms with van der Waals surface area (Å²) in [4.78, 5) is 17.5. The molecule has 1 aromatic carbocycles. The maximum absolute atomic E-state index is 13.1. The summed E-state index contributed by atoms with van der Waals surface area (Å²) in [6.45, 7) is 4.71. The molecular weight excluding hydrogens is 373 g/mol. The Morgan fingerprint density at radius 3 is 2.66 bits per heavy atom. The third kappa shape index (κ3) is 5.94. The fourth-order valence-corrected chi connectivity index (χ4v) is 3.27. The number of aromatic nitrogens is 2. The highest BCUT2D eigenvalue weighted by Gasteiger charge is 2.21. The number of aliphatic imine (C=N–C) groups is 1. The molecule has 2 aromatic rings. The van der Waals surface area contributed by atoms with Crippen LogP contribution in [0.25, 0.3) is 5.69 Å². The lowest BCUT2D eigenvalue weighted by Crippen LogP contribution is -2.50. The Morgan fingerprint density at radius 2 is 2.00 bits per heavy atom. The molecule has 1 aromatic heterocycles. The van der Waals surface area contributed by atoms with Crippen LogP contribution in [0.4, 0.5) is 9.18 Å². The van der Waals surface area contributed by atoms with Gasteiger partial charge in [0.25, 0.3) is 0 Å². The van der Waals surface area contributed by atoms with E-state index in [0.29, 0.717) is 26.1 Å². The van der Waals surface area contributed by atoms with Gasteiger partial charge in [0.2, 0.25) is 0 Å². The van der Waals surface area contributed by atoms with Crippen LogP contribution in [0.15, 0.2) is 41.5 Å². The number of amides is 2. The molecular formula is C20H28FN7O. The molecule has 1 fully saturated rings. The van der Waals surface area contributed by atoms with Crippen LogP contribution in [0.2, 0.25) is 0 Å². The van der Waals surface area contributed by atoms with Crippen molar-refractivity contribution >= 4 is 12.0 Å². The Morgan fingerprint density at radius 1 is 1.28 bits per heavy atom. The zero-order valence-electron chi connectivity index (χ0n) is 16.6. The van der Waals surface area contributed by atoms with Gasteiger partial charge in [-0.25, -0.2) is 13.9 Å². The fraction of sp³-hybridized carbons (Fsp3) is 0.450. The molecule has 0 radical (unpaired) electrons.